The molecule has 4 rings (SSSR count). The smallest absolute Gasteiger partial charge is 0.410 e. The van der Waals surface area contributed by atoms with E-state index in [1.165, 1.54) is 12.1 Å². The Morgan fingerprint density at radius 3 is 2.46 bits per heavy atom. The van der Waals surface area contributed by atoms with Gasteiger partial charge >= 0.3 is 12.5 Å². The first-order chi connectivity index (χ1) is 16.6. The van der Waals surface area contributed by atoms with E-state index >= 15 is 0 Å². The number of hydrogen-bond acceptors (Lipinski definition) is 6. The van der Waals surface area contributed by atoms with E-state index in [-0.39, 0.29) is 11.3 Å². The number of amides is 1. The number of hydrogen-bond donors (Lipinski definition) is 1. The number of carbonyl (C=O) groups is 1. The van der Waals surface area contributed by atoms with Gasteiger partial charge in [-0.1, -0.05) is 18.2 Å². The number of rotatable bonds is 6. The first-order valence-corrected chi connectivity index (χ1v) is 10.9. The van der Waals surface area contributed by atoms with Gasteiger partial charge in [-0.25, -0.2) is 9.78 Å². The van der Waals surface area contributed by atoms with E-state index in [0.717, 1.165) is 11.3 Å². The van der Waals surface area contributed by atoms with Crippen molar-refractivity contribution in [1.82, 2.24) is 9.88 Å². The quantitative estimate of drug-likeness (QED) is 0.486. The van der Waals surface area contributed by atoms with Crippen molar-refractivity contribution in [3.05, 3.63) is 78.5 Å². The van der Waals surface area contributed by atoms with E-state index in [1.54, 1.807) is 48.7 Å². The maximum atomic E-state index is 12.4. The van der Waals surface area contributed by atoms with Gasteiger partial charge in [-0.05, 0) is 67.9 Å². The maximum absolute atomic E-state index is 12.4. The maximum Gasteiger partial charge on any atom is 0.573 e. The average Bonchev–Trinajstić information content (AvgIpc) is 3.08. The number of anilines is 2. The average molecular weight is 486 g/mol. The molecule has 1 saturated heterocycles. The van der Waals surface area contributed by atoms with Crippen LogP contribution in [0.2, 0.25) is 0 Å². The summed E-state index contributed by atoms with van der Waals surface area (Å²) in [5.74, 6) is 0.551. The molecule has 0 atom stereocenters. The van der Waals surface area contributed by atoms with Crippen LogP contribution in [0.4, 0.5) is 29.5 Å². The highest BCUT2D eigenvalue weighted by atomic mass is 19.4. The highest BCUT2D eigenvalue weighted by molar-refractivity contribution is 5.85. The van der Waals surface area contributed by atoms with E-state index in [9.17, 15) is 18.0 Å². The van der Waals surface area contributed by atoms with Crippen molar-refractivity contribution in [2.75, 3.05) is 23.4 Å². The molecule has 1 N–H and O–H groups in total. The monoisotopic (exact) mass is 486 g/mol. The number of benzene rings is 2. The molecule has 0 aliphatic carbocycles. The van der Waals surface area contributed by atoms with Crippen molar-refractivity contribution in [3.8, 4) is 11.5 Å². The summed E-state index contributed by atoms with van der Waals surface area (Å²) >= 11 is 0. The Morgan fingerprint density at radius 1 is 1.06 bits per heavy atom. The van der Waals surface area contributed by atoms with Crippen LogP contribution >= 0.6 is 0 Å². The van der Waals surface area contributed by atoms with Gasteiger partial charge in [-0.15, -0.1) is 13.2 Å². The third kappa shape index (κ3) is 6.63. The Bertz CT molecular complexity index is 1150. The minimum atomic E-state index is -4.72. The number of pyridine rings is 1. The lowest BCUT2D eigenvalue weighted by molar-refractivity contribution is -0.274. The Labute approximate surface area is 201 Å². The molecule has 1 aromatic heterocycles. The van der Waals surface area contributed by atoms with Crippen molar-refractivity contribution < 1.29 is 27.4 Å². The zero-order valence-electron chi connectivity index (χ0n) is 19.2. The van der Waals surface area contributed by atoms with E-state index < -0.39 is 12.5 Å². The van der Waals surface area contributed by atoms with Crippen LogP contribution in [0, 0.1) is 0 Å². The van der Waals surface area contributed by atoms with Crippen LogP contribution in [0.3, 0.4) is 0 Å². The van der Waals surface area contributed by atoms with Gasteiger partial charge in [-0.2, -0.15) is 0 Å². The number of halogens is 3. The molecule has 0 radical (unpaired) electrons. The van der Waals surface area contributed by atoms with Gasteiger partial charge in [0, 0.05) is 30.5 Å². The SMILES string of the molecule is CC1(C)CN(c2ccc(OC(F)(F)F)cc2)CN1Cc1ccnc(NC(=O)Oc2ccccc2)c1. The first kappa shape index (κ1) is 24.3. The fourth-order valence-corrected chi connectivity index (χ4v) is 3.90. The number of para-hydroxylation sites is 1. The molecule has 0 spiro atoms. The van der Waals surface area contributed by atoms with Gasteiger partial charge in [0.1, 0.15) is 17.3 Å². The van der Waals surface area contributed by atoms with Crippen LogP contribution in [-0.2, 0) is 6.54 Å². The van der Waals surface area contributed by atoms with E-state index in [1.807, 2.05) is 12.1 Å². The Morgan fingerprint density at radius 2 is 1.77 bits per heavy atom. The molecule has 0 saturated carbocycles. The van der Waals surface area contributed by atoms with Crippen LogP contribution in [0.25, 0.3) is 0 Å². The second kappa shape index (κ2) is 9.83. The second-order valence-electron chi connectivity index (χ2n) is 8.77. The van der Waals surface area contributed by atoms with Crippen molar-refractivity contribution in [2.45, 2.75) is 32.3 Å². The van der Waals surface area contributed by atoms with E-state index in [0.29, 0.717) is 31.3 Å². The van der Waals surface area contributed by atoms with Gasteiger partial charge in [0.25, 0.3) is 0 Å². The fourth-order valence-electron chi connectivity index (χ4n) is 3.90. The van der Waals surface area contributed by atoms with Crippen LogP contribution in [0.1, 0.15) is 19.4 Å². The van der Waals surface area contributed by atoms with Gasteiger partial charge in [0.05, 0.1) is 6.67 Å². The molecular formula is C25H25F3N4O3. The van der Waals surface area contributed by atoms with Crippen molar-refractivity contribution >= 4 is 17.6 Å². The molecule has 184 valence electrons. The van der Waals surface area contributed by atoms with Gasteiger partial charge < -0.3 is 14.4 Å². The largest absolute Gasteiger partial charge is 0.573 e. The zero-order valence-corrected chi connectivity index (χ0v) is 19.2. The Balaban J connectivity index is 1.38. The molecule has 0 unspecified atom stereocenters. The second-order valence-corrected chi connectivity index (χ2v) is 8.77. The molecule has 1 amide bonds. The van der Waals surface area contributed by atoms with E-state index in [2.05, 4.69) is 38.7 Å². The van der Waals surface area contributed by atoms with Crippen LogP contribution in [0.5, 0.6) is 11.5 Å². The summed E-state index contributed by atoms with van der Waals surface area (Å²) in [4.78, 5) is 20.7. The minimum Gasteiger partial charge on any atom is -0.410 e. The molecule has 35 heavy (non-hydrogen) atoms. The molecule has 1 fully saturated rings. The number of alkyl halides is 3. The lowest BCUT2D eigenvalue weighted by Crippen LogP contribution is -2.39. The summed E-state index contributed by atoms with van der Waals surface area (Å²) < 4.78 is 46.5. The Kier molecular flexibility index (Phi) is 6.83. The van der Waals surface area contributed by atoms with Gasteiger partial charge in [0.15, 0.2) is 0 Å². The first-order valence-electron chi connectivity index (χ1n) is 10.9. The summed E-state index contributed by atoms with van der Waals surface area (Å²) in [7, 11) is 0. The summed E-state index contributed by atoms with van der Waals surface area (Å²) in [6.07, 6.45) is -3.73. The number of aromatic nitrogens is 1. The molecule has 1 aliphatic heterocycles. The Hall–Kier alpha value is -3.79. The fraction of sp³-hybridized carbons (Fsp3) is 0.280. The number of nitrogens with one attached hydrogen (secondary N) is 1. The molecule has 0 bridgehead atoms. The lowest BCUT2D eigenvalue weighted by Gasteiger charge is -2.29. The molecular weight excluding hydrogens is 461 g/mol. The summed E-state index contributed by atoms with van der Waals surface area (Å²) in [5, 5.41) is 2.64. The predicted molar refractivity (Wildman–Crippen MR) is 125 cm³/mol. The standard InChI is InChI=1S/C25H25F3N4O3/c1-24(2)16-31(19-8-10-21(11-9-19)35-25(26,27)28)17-32(24)15-18-12-13-29-22(14-18)30-23(33)34-20-6-4-3-5-7-20/h3-14H,15-17H2,1-2H3,(H,29,30,33). The van der Waals surface area contributed by atoms with Crippen molar-refractivity contribution in [3.63, 3.8) is 0 Å². The van der Waals surface area contributed by atoms with Crippen molar-refractivity contribution in [1.29, 1.82) is 0 Å². The molecule has 2 aromatic carbocycles. The predicted octanol–water partition coefficient (Wildman–Crippen LogP) is 5.65. The topological polar surface area (TPSA) is 66.9 Å². The highest BCUT2D eigenvalue weighted by Gasteiger charge is 2.37. The highest BCUT2D eigenvalue weighted by Crippen LogP contribution is 2.32. The molecule has 2 heterocycles. The number of carbonyl (C=O) groups excluding carboxylic acids is 1. The van der Waals surface area contributed by atoms with Crippen molar-refractivity contribution in [2.24, 2.45) is 0 Å². The van der Waals surface area contributed by atoms with Crippen LogP contribution in [0.15, 0.2) is 72.9 Å². The number of nitrogens with zero attached hydrogens (tertiary/aromatic N) is 3. The number of ether oxygens (including phenoxy) is 2. The van der Waals surface area contributed by atoms with E-state index in [4.69, 9.17) is 4.74 Å². The third-order valence-electron chi connectivity index (χ3n) is 5.59. The summed E-state index contributed by atoms with van der Waals surface area (Å²) in [5.41, 5.74) is 1.54. The van der Waals surface area contributed by atoms with Gasteiger partial charge in [0.2, 0.25) is 0 Å². The normalized spacial score (nSPS) is 15.6. The summed E-state index contributed by atoms with van der Waals surface area (Å²) in [6, 6.07) is 18.3. The zero-order chi connectivity index (χ0) is 25.1. The van der Waals surface area contributed by atoms with Crippen LogP contribution < -0.4 is 19.7 Å². The molecule has 1 aliphatic rings. The summed E-state index contributed by atoms with van der Waals surface area (Å²) in [6.45, 7) is 6.06. The molecule has 3 aromatic rings. The van der Waals surface area contributed by atoms with Crippen LogP contribution in [-0.4, -0.2) is 41.1 Å². The van der Waals surface area contributed by atoms with Gasteiger partial charge in [-0.3, -0.25) is 10.2 Å². The molecule has 7 nitrogen and oxygen atoms in total. The molecule has 10 heteroatoms. The minimum absolute atomic E-state index is 0.204. The third-order valence-corrected chi connectivity index (χ3v) is 5.59. The lowest BCUT2D eigenvalue weighted by atomic mass is 10.0.